The predicted molar refractivity (Wildman–Crippen MR) is 177 cm³/mol. The summed E-state index contributed by atoms with van der Waals surface area (Å²) < 4.78 is 396. The third-order valence-electron chi connectivity index (χ3n) is 9.67. The lowest BCUT2D eigenvalue weighted by atomic mass is 9.93. The highest BCUT2D eigenvalue weighted by Crippen LogP contribution is 2.62. The Balaban J connectivity index is -0.0000211. The molecule has 0 rings (SSSR count). The molecule has 0 aromatic carbocycles. The minimum absolute atomic E-state index is 0. The fourth-order valence-electron chi connectivity index (χ4n) is 5.36. The smallest absolute Gasteiger partial charge is 0.460 e. The summed E-state index contributed by atoms with van der Waals surface area (Å²) in [4.78, 5) is 0. The maximum Gasteiger partial charge on any atom is 0.460 e. The zero-order valence-electron chi connectivity index (χ0n) is 34.8. The van der Waals surface area contributed by atoms with Crippen LogP contribution >= 0.6 is 0 Å². The molecule has 0 aliphatic carbocycles. The third kappa shape index (κ3) is 15.7. The van der Waals surface area contributed by atoms with Crippen LogP contribution < -0.4 is 43.4 Å². The van der Waals surface area contributed by atoms with Gasteiger partial charge in [0.15, 0.2) is 0 Å². The minimum atomic E-state index is -8.15. The topological polar surface area (TPSA) is 92.3 Å². The van der Waals surface area contributed by atoms with Gasteiger partial charge in [0.05, 0.1) is 65.9 Å². The van der Waals surface area contributed by atoms with Crippen LogP contribution in [-0.2, 0) is 20.0 Å². The Kier molecular flexibility index (Phi) is 23.6. The van der Waals surface area contributed by atoms with Gasteiger partial charge in [-0.1, -0.05) is 0 Å². The molecule has 0 radical (unpaired) electrons. The standard InChI is InChI=1S/C30H42F26N4O4S2.2BrH/c1-59(2,15-7-11-57-65(61,62)17-9-19(31,32)21(35,36)23(39,40)25(43,44)27(47,48)29(51,52)53)13-5-6-14-60(3,4)16-8-12-58-66(63,64)18-10-20(33,34)22(37,38)24(41,42)26(45,46)28(49,50)30(54,55)56;;/h57-58H,5-18H2,1-4H3;2*1H/q+2;;/p-2. The van der Waals surface area contributed by atoms with Crippen LogP contribution in [0.5, 0.6) is 0 Å². The van der Waals surface area contributed by atoms with Gasteiger partial charge in [0.1, 0.15) is 0 Å². The number of alkyl halides is 26. The molecule has 68 heavy (non-hydrogen) atoms. The summed E-state index contributed by atoms with van der Waals surface area (Å²) in [5, 5.41) is 0. The Bertz CT molecular complexity index is 1700. The van der Waals surface area contributed by atoms with Gasteiger partial charge in [-0.05, 0) is 0 Å². The van der Waals surface area contributed by atoms with Crippen LogP contribution in [-0.4, -0.2) is 176 Å². The molecule has 0 atom stereocenters. The molecule has 0 unspecified atom stereocenters. The van der Waals surface area contributed by atoms with Gasteiger partial charge in [-0.2, -0.15) is 114 Å². The number of hydrogen-bond donors (Lipinski definition) is 2. The average Bonchev–Trinajstić information content (AvgIpc) is 3.11. The number of sulfonamides is 2. The van der Waals surface area contributed by atoms with Crippen molar-refractivity contribution in [1.82, 2.24) is 9.44 Å². The van der Waals surface area contributed by atoms with E-state index in [1.807, 2.05) is 0 Å². The Morgan fingerprint density at radius 1 is 0.338 bits per heavy atom. The molecule has 8 nitrogen and oxygen atoms in total. The normalized spacial score (nSPS) is 15.6. The summed E-state index contributed by atoms with van der Waals surface area (Å²) in [6.07, 6.45) is -20.7. The highest BCUT2D eigenvalue weighted by atomic mass is 79.9. The molecule has 0 heterocycles. The second kappa shape index (κ2) is 22.6. The molecule has 38 heteroatoms. The molecule has 2 N–H and O–H groups in total. The summed E-state index contributed by atoms with van der Waals surface area (Å²) in [5.74, 6) is -81.3. The van der Waals surface area contributed by atoms with Gasteiger partial charge < -0.3 is 42.9 Å². The molecule has 0 bridgehead atoms. The number of quaternary nitrogens is 2. The van der Waals surface area contributed by atoms with Crippen LogP contribution in [0.25, 0.3) is 0 Å². The Hall–Kier alpha value is -1.12. The van der Waals surface area contributed by atoms with E-state index in [0.29, 0.717) is 25.9 Å². The Labute approximate surface area is 391 Å². The van der Waals surface area contributed by atoms with Crippen molar-refractivity contribution in [1.29, 1.82) is 0 Å². The van der Waals surface area contributed by atoms with Crippen LogP contribution in [0.15, 0.2) is 0 Å². The lowest BCUT2D eigenvalue weighted by molar-refractivity contribution is -0.896. The van der Waals surface area contributed by atoms with Crippen LogP contribution in [0.4, 0.5) is 114 Å². The Morgan fingerprint density at radius 2 is 0.544 bits per heavy atom. The van der Waals surface area contributed by atoms with Crippen LogP contribution in [0.1, 0.15) is 38.5 Å². The van der Waals surface area contributed by atoms with Crippen molar-refractivity contribution < 1.29 is 174 Å². The van der Waals surface area contributed by atoms with Gasteiger partial charge in [0, 0.05) is 51.6 Å². The fraction of sp³-hybridized carbons (Fsp3) is 1.00. The molecule has 0 saturated heterocycles. The summed E-state index contributed by atoms with van der Waals surface area (Å²) >= 11 is 0. The summed E-state index contributed by atoms with van der Waals surface area (Å²) in [5.41, 5.74) is 0. The predicted octanol–water partition coefficient (Wildman–Crippen LogP) is 2.80. The third-order valence-corrected chi connectivity index (χ3v) is 12.4. The van der Waals surface area contributed by atoms with E-state index in [0.717, 1.165) is 0 Å². The van der Waals surface area contributed by atoms with E-state index >= 15 is 0 Å². The second-order valence-electron chi connectivity index (χ2n) is 16.1. The van der Waals surface area contributed by atoms with Gasteiger partial charge in [-0.25, -0.2) is 26.3 Å². The zero-order chi connectivity index (χ0) is 53.3. The van der Waals surface area contributed by atoms with Crippen LogP contribution in [0, 0.1) is 0 Å². The summed E-state index contributed by atoms with van der Waals surface area (Å²) in [6, 6.07) is 0. The van der Waals surface area contributed by atoms with Crippen molar-refractivity contribution in [2.45, 2.75) is 110 Å². The number of nitrogens with one attached hydrogen (secondary N) is 2. The van der Waals surface area contributed by atoms with Crippen molar-refractivity contribution in [2.24, 2.45) is 0 Å². The minimum Gasteiger partial charge on any atom is -1.00 e. The molecular weight excluding hydrogens is 1200 g/mol. The molecule has 0 aromatic heterocycles. The quantitative estimate of drug-likeness (QED) is 0.0686. The number of hydrogen-bond acceptors (Lipinski definition) is 4. The molecule has 0 amide bonds. The number of unbranched alkanes of at least 4 members (excludes halogenated alkanes) is 1. The van der Waals surface area contributed by atoms with Gasteiger partial charge in [-0.3, -0.25) is 0 Å². The first-order chi connectivity index (χ1) is 28.5. The first-order valence-electron chi connectivity index (χ1n) is 18.0. The maximum atomic E-state index is 14.0. The van der Waals surface area contributed by atoms with Crippen LogP contribution in [0.2, 0.25) is 0 Å². The van der Waals surface area contributed by atoms with E-state index in [4.69, 9.17) is 0 Å². The van der Waals surface area contributed by atoms with Gasteiger partial charge in [0.25, 0.3) is 0 Å². The molecule has 0 saturated carbocycles. The van der Waals surface area contributed by atoms with Crippen molar-refractivity contribution in [2.75, 3.05) is 79.0 Å². The number of halogens is 28. The van der Waals surface area contributed by atoms with Crippen molar-refractivity contribution in [3.8, 4) is 0 Å². The van der Waals surface area contributed by atoms with Crippen molar-refractivity contribution in [3.63, 3.8) is 0 Å². The summed E-state index contributed by atoms with van der Waals surface area (Å²) in [7, 11) is -3.98. The summed E-state index contributed by atoms with van der Waals surface area (Å²) in [6.45, 7) is -0.562. The van der Waals surface area contributed by atoms with Crippen LogP contribution in [0.3, 0.4) is 0 Å². The molecule has 0 spiro atoms. The monoisotopic (exact) mass is 1240 g/mol. The SMILES string of the molecule is C[N+](C)(CCCC[N+](C)(C)CCCNS(=O)(=O)CCC(F)(F)C(F)(F)C(F)(F)C(F)(F)C(F)(F)C(F)(F)F)CCCNS(=O)(=O)CCC(F)(F)C(F)(F)C(F)(F)C(F)(F)C(F)(F)C(F)(F)F.[Br-].[Br-]. The molecule has 414 valence electrons. The average molecular weight is 1240 g/mol. The zero-order valence-corrected chi connectivity index (χ0v) is 39.6. The molecule has 0 aliphatic heterocycles. The number of nitrogens with zero attached hydrogens (tertiary/aromatic N) is 2. The maximum absolute atomic E-state index is 14.0. The van der Waals surface area contributed by atoms with Crippen molar-refractivity contribution >= 4 is 20.0 Å². The molecular formula is C30H42Br2F26N4O4S2. The van der Waals surface area contributed by atoms with E-state index in [9.17, 15) is 131 Å². The largest absolute Gasteiger partial charge is 1.00 e. The molecule has 0 fully saturated rings. The Morgan fingerprint density at radius 3 is 0.765 bits per heavy atom. The first-order valence-corrected chi connectivity index (χ1v) is 21.3. The first kappa shape index (κ1) is 71.1. The molecule has 0 aliphatic rings. The highest BCUT2D eigenvalue weighted by Gasteiger charge is 2.92. The van der Waals surface area contributed by atoms with E-state index in [2.05, 4.69) is 0 Å². The fourth-order valence-corrected chi connectivity index (χ4v) is 7.61. The molecule has 0 aromatic rings. The lowest BCUT2D eigenvalue weighted by Gasteiger charge is -2.39. The van der Waals surface area contributed by atoms with Gasteiger partial charge in [-0.15, -0.1) is 0 Å². The van der Waals surface area contributed by atoms with Gasteiger partial charge >= 0.3 is 71.6 Å². The lowest BCUT2D eigenvalue weighted by Crippen LogP contribution is -3.00. The van der Waals surface area contributed by atoms with E-state index < -0.39 is 129 Å². The highest BCUT2D eigenvalue weighted by molar-refractivity contribution is 7.89. The number of rotatable bonds is 29. The van der Waals surface area contributed by atoms with E-state index in [1.165, 1.54) is 0 Å². The van der Waals surface area contributed by atoms with Crippen molar-refractivity contribution in [3.05, 3.63) is 0 Å². The van der Waals surface area contributed by atoms with Gasteiger partial charge in [0.2, 0.25) is 20.0 Å². The second-order valence-corrected chi connectivity index (χ2v) is 20.0. The van der Waals surface area contributed by atoms with E-state index in [-0.39, 0.29) is 68.9 Å². The van der Waals surface area contributed by atoms with E-state index in [1.54, 1.807) is 37.6 Å².